The van der Waals surface area contributed by atoms with Crippen LogP contribution in [0.25, 0.3) is 5.65 Å². The Balaban J connectivity index is 1.39. The maximum atomic E-state index is 11.8. The van der Waals surface area contributed by atoms with Crippen molar-refractivity contribution in [2.45, 2.75) is 12.8 Å². The summed E-state index contributed by atoms with van der Waals surface area (Å²) >= 11 is 5.95. The summed E-state index contributed by atoms with van der Waals surface area (Å²) in [6.07, 6.45) is 4.74. The van der Waals surface area contributed by atoms with Gasteiger partial charge in [-0.1, -0.05) is 29.8 Å². The molecule has 0 atom stereocenters. The molecule has 5 nitrogen and oxygen atoms in total. The van der Waals surface area contributed by atoms with Crippen LogP contribution >= 0.6 is 11.6 Å². The number of halogens is 1. The number of carbonyl (C=O) groups is 1. The standard InChI is InChI=1S/C18H18ClN3O2/c19-14-6-7-17-21-15(13-22(17)12-14)8-10-20-18(23)9-11-24-16-4-2-1-3-5-16/h1-7,12-13H,8-11H2,(H,20,23). The van der Waals surface area contributed by atoms with Gasteiger partial charge in [0.15, 0.2) is 0 Å². The number of aromatic nitrogens is 2. The van der Waals surface area contributed by atoms with Gasteiger partial charge < -0.3 is 14.5 Å². The van der Waals surface area contributed by atoms with E-state index in [0.29, 0.717) is 31.0 Å². The number of imidazole rings is 1. The zero-order valence-corrected chi connectivity index (χ0v) is 13.9. The van der Waals surface area contributed by atoms with Crippen molar-refractivity contribution >= 4 is 23.2 Å². The fourth-order valence-electron chi connectivity index (χ4n) is 2.33. The van der Waals surface area contributed by atoms with E-state index in [9.17, 15) is 4.79 Å². The molecule has 3 rings (SSSR count). The van der Waals surface area contributed by atoms with Crippen LogP contribution in [0.15, 0.2) is 54.9 Å². The summed E-state index contributed by atoms with van der Waals surface area (Å²) in [7, 11) is 0. The van der Waals surface area contributed by atoms with Crippen LogP contribution in [0.5, 0.6) is 5.75 Å². The molecular weight excluding hydrogens is 326 g/mol. The molecule has 2 heterocycles. The highest BCUT2D eigenvalue weighted by Gasteiger charge is 2.05. The van der Waals surface area contributed by atoms with Gasteiger partial charge in [0.2, 0.25) is 5.91 Å². The third-order valence-electron chi connectivity index (χ3n) is 3.51. The average Bonchev–Trinajstić information content (AvgIpc) is 2.97. The summed E-state index contributed by atoms with van der Waals surface area (Å²) in [6, 6.07) is 13.1. The number of hydrogen-bond donors (Lipinski definition) is 1. The maximum absolute atomic E-state index is 11.8. The molecule has 0 aliphatic heterocycles. The van der Waals surface area contributed by atoms with Gasteiger partial charge in [-0.3, -0.25) is 4.79 Å². The molecule has 0 radical (unpaired) electrons. The van der Waals surface area contributed by atoms with Gasteiger partial charge in [-0.2, -0.15) is 0 Å². The molecule has 124 valence electrons. The lowest BCUT2D eigenvalue weighted by Crippen LogP contribution is -2.27. The lowest BCUT2D eigenvalue weighted by Gasteiger charge is -2.06. The molecule has 24 heavy (non-hydrogen) atoms. The number of hydrogen-bond acceptors (Lipinski definition) is 3. The molecule has 1 aromatic carbocycles. The van der Waals surface area contributed by atoms with Gasteiger partial charge in [0.25, 0.3) is 0 Å². The summed E-state index contributed by atoms with van der Waals surface area (Å²) in [5.41, 5.74) is 1.76. The fourth-order valence-corrected chi connectivity index (χ4v) is 2.50. The number of ether oxygens (including phenoxy) is 1. The Morgan fingerprint density at radius 3 is 2.83 bits per heavy atom. The highest BCUT2D eigenvalue weighted by atomic mass is 35.5. The zero-order chi connectivity index (χ0) is 16.8. The number of benzene rings is 1. The smallest absolute Gasteiger partial charge is 0.223 e. The van der Waals surface area contributed by atoms with Crippen molar-refractivity contribution in [1.82, 2.24) is 14.7 Å². The number of carbonyl (C=O) groups excluding carboxylic acids is 1. The topological polar surface area (TPSA) is 55.6 Å². The predicted molar refractivity (Wildman–Crippen MR) is 93.5 cm³/mol. The second-order valence-corrected chi connectivity index (χ2v) is 5.79. The normalized spacial score (nSPS) is 10.7. The maximum Gasteiger partial charge on any atom is 0.223 e. The molecule has 0 saturated carbocycles. The molecule has 0 aliphatic rings. The van der Waals surface area contributed by atoms with Crippen LogP contribution in [0, 0.1) is 0 Å². The summed E-state index contributed by atoms with van der Waals surface area (Å²) in [5, 5.41) is 3.54. The first-order valence-corrected chi connectivity index (χ1v) is 8.16. The van der Waals surface area contributed by atoms with Crippen LogP contribution < -0.4 is 10.1 Å². The summed E-state index contributed by atoms with van der Waals surface area (Å²) < 4.78 is 7.39. The van der Waals surface area contributed by atoms with Gasteiger partial charge in [-0.15, -0.1) is 0 Å². The Hall–Kier alpha value is -2.53. The highest BCUT2D eigenvalue weighted by Crippen LogP contribution is 2.12. The minimum absolute atomic E-state index is 0.0299. The van der Waals surface area contributed by atoms with Crippen molar-refractivity contribution in [3.8, 4) is 5.75 Å². The van der Waals surface area contributed by atoms with Crippen molar-refractivity contribution in [1.29, 1.82) is 0 Å². The van der Waals surface area contributed by atoms with E-state index >= 15 is 0 Å². The lowest BCUT2D eigenvalue weighted by atomic mass is 10.3. The number of amides is 1. The first-order valence-electron chi connectivity index (χ1n) is 7.78. The van der Waals surface area contributed by atoms with E-state index in [0.717, 1.165) is 17.1 Å². The Morgan fingerprint density at radius 2 is 2.00 bits per heavy atom. The van der Waals surface area contributed by atoms with Crippen molar-refractivity contribution in [2.24, 2.45) is 0 Å². The number of pyridine rings is 1. The van der Waals surface area contributed by atoms with Crippen molar-refractivity contribution in [2.75, 3.05) is 13.2 Å². The van der Waals surface area contributed by atoms with Gasteiger partial charge in [-0.05, 0) is 24.3 Å². The second kappa shape index (κ2) is 7.84. The van der Waals surface area contributed by atoms with E-state index in [2.05, 4.69) is 10.3 Å². The van der Waals surface area contributed by atoms with Crippen LogP contribution in [0.3, 0.4) is 0 Å². The second-order valence-electron chi connectivity index (χ2n) is 5.36. The third-order valence-corrected chi connectivity index (χ3v) is 3.73. The molecule has 0 aliphatic carbocycles. The van der Waals surface area contributed by atoms with Crippen LogP contribution in [-0.2, 0) is 11.2 Å². The Labute approximate surface area is 145 Å². The molecule has 0 saturated heterocycles. The Kier molecular flexibility index (Phi) is 5.33. The molecule has 0 unspecified atom stereocenters. The molecule has 1 amide bonds. The number of rotatable bonds is 7. The van der Waals surface area contributed by atoms with Gasteiger partial charge in [0, 0.05) is 25.4 Å². The van der Waals surface area contributed by atoms with E-state index in [1.807, 2.05) is 59.3 Å². The minimum Gasteiger partial charge on any atom is -0.493 e. The monoisotopic (exact) mass is 343 g/mol. The molecule has 0 bridgehead atoms. The number of fused-ring (bicyclic) bond motifs is 1. The molecular formula is C18H18ClN3O2. The highest BCUT2D eigenvalue weighted by molar-refractivity contribution is 6.30. The molecule has 1 N–H and O–H groups in total. The van der Waals surface area contributed by atoms with Crippen molar-refractivity contribution in [3.05, 3.63) is 65.6 Å². The lowest BCUT2D eigenvalue weighted by molar-refractivity contribution is -0.121. The molecule has 6 heteroatoms. The molecule has 0 fully saturated rings. The summed E-state index contributed by atoms with van der Waals surface area (Å²) in [6.45, 7) is 0.907. The first-order chi connectivity index (χ1) is 11.7. The van der Waals surface area contributed by atoms with Crippen LogP contribution in [-0.4, -0.2) is 28.4 Å². The predicted octanol–water partition coefficient (Wildman–Crippen LogP) is 3.12. The first kappa shape index (κ1) is 16.3. The van der Waals surface area contributed by atoms with Crippen LogP contribution in [0.1, 0.15) is 12.1 Å². The van der Waals surface area contributed by atoms with Crippen LogP contribution in [0.4, 0.5) is 0 Å². The zero-order valence-electron chi connectivity index (χ0n) is 13.1. The van der Waals surface area contributed by atoms with Crippen molar-refractivity contribution in [3.63, 3.8) is 0 Å². The van der Waals surface area contributed by atoms with E-state index in [4.69, 9.17) is 16.3 Å². The summed E-state index contributed by atoms with van der Waals surface area (Å²) in [4.78, 5) is 16.3. The van der Waals surface area contributed by atoms with Gasteiger partial charge >= 0.3 is 0 Å². The fraction of sp³-hybridized carbons (Fsp3) is 0.222. The number of nitrogens with one attached hydrogen (secondary N) is 1. The number of nitrogens with zero attached hydrogens (tertiary/aromatic N) is 2. The Morgan fingerprint density at radius 1 is 1.17 bits per heavy atom. The van der Waals surface area contributed by atoms with E-state index in [1.54, 1.807) is 0 Å². The molecule has 0 spiro atoms. The quantitative estimate of drug-likeness (QED) is 0.717. The van der Waals surface area contributed by atoms with Gasteiger partial charge in [-0.25, -0.2) is 4.98 Å². The Bertz CT molecular complexity index is 818. The van der Waals surface area contributed by atoms with E-state index < -0.39 is 0 Å². The largest absolute Gasteiger partial charge is 0.493 e. The minimum atomic E-state index is -0.0299. The third kappa shape index (κ3) is 4.49. The number of para-hydroxylation sites is 1. The SMILES string of the molecule is O=C(CCOc1ccccc1)NCCc1cn2cc(Cl)ccc2n1. The van der Waals surface area contributed by atoms with E-state index in [1.165, 1.54) is 0 Å². The van der Waals surface area contributed by atoms with Crippen molar-refractivity contribution < 1.29 is 9.53 Å². The molecule has 3 aromatic rings. The van der Waals surface area contributed by atoms with E-state index in [-0.39, 0.29) is 5.91 Å². The summed E-state index contributed by atoms with van der Waals surface area (Å²) in [5.74, 6) is 0.742. The van der Waals surface area contributed by atoms with Gasteiger partial charge in [0.1, 0.15) is 11.4 Å². The average molecular weight is 344 g/mol. The molecule has 2 aromatic heterocycles. The van der Waals surface area contributed by atoms with Crippen LogP contribution in [0.2, 0.25) is 5.02 Å². The van der Waals surface area contributed by atoms with Gasteiger partial charge in [0.05, 0.1) is 23.7 Å².